The van der Waals surface area contributed by atoms with Crippen LogP contribution in [0.15, 0.2) is 42.5 Å². The Morgan fingerprint density at radius 2 is 1.67 bits per heavy atom. The molecule has 4 saturated carbocycles. The lowest BCUT2D eigenvalue weighted by Crippen LogP contribution is -2.71. The van der Waals surface area contributed by atoms with Gasteiger partial charge in [0.2, 0.25) is 0 Å². The fraction of sp³-hybridized carbons (Fsp3) is 0.700. The van der Waals surface area contributed by atoms with Gasteiger partial charge in [0.15, 0.2) is 0 Å². The summed E-state index contributed by atoms with van der Waals surface area (Å²) in [5, 5.41) is 0. The van der Waals surface area contributed by atoms with Crippen LogP contribution in [0.4, 0.5) is 0 Å². The van der Waals surface area contributed by atoms with Crippen molar-refractivity contribution in [1.82, 2.24) is 0 Å². The highest BCUT2D eigenvalue weighted by atomic mass is 16.6. The van der Waals surface area contributed by atoms with E-state index in [1.165, 1.54) is 0 Å². The first-order valence-corrected chi connectivity index (χ1v) is 17.6. The first-order valence-electron chi connectivity index (χ1n) is 17.6. The van der Waals surface area contributed by atoms with Gasteiger partial charge in [0, 0.05) is 22.8 Å². The molecule has 0 aromatic heterocycles. The van der Waals surface area contributed by atoms with E-state index < -0.39 is 5.60 Å². The lowest BCUT2D eigenvalue weighted by Gasteiger charge is -2.72. The van der Waals surface area contributed by atoms with Gasteiger partial charge in [-0.15, -0.1) is 0 Å². The molecule has 0 radical (unpaired) electrons. The summed E-state index contributed by atoms with van der Waals surface area (Å²) < 4.78 is 18.3. The molecule has 5 aliphatic carbocycles. The molecule has 1 heterocycles. The lowest BCUT2D eigenvalue weighted by molar-refractivity contribution is -0.247. The third-order valence-corrected chi connectivity index (χ3v) is 15.5. The Morgan fingerprint density at radius 1 is 0.933 bits per heavy atom. The first-order chi connectivity index (χ1) is 21.2. The summed E-state index contributed by atoms with van der Waals surface area (Å²) in [4.78, 5) is 27.0. The van der Waals surface area contributed by atoms with Crippen molar-refractivity contribution in [2.24, 2.45) is 56.7 Å². The number of carbonyl (C=O) groups is 2. The van der Waals surface area contributed by atoms with Gasteiger partial charge in [-0.3, -0.25) is 4.79 Å². The minimum atomic E-state index is -0.511. The maximum absolute atomic E-state index is 13.9. The molecular weight excluding hydrogens is 560 g/mol. The van der Waals surface area contributed by atoms with E-state index in [1.807, 2.05) is 30.3 Å². The van der Waals surface area contributed by atoms with E-state index in [4.69, 9.17) is 14.2 Å². The summed E-state index contributed by atoms with van der Waals surface area (Å²) in [6.07, 6.45) is 16.4. The fourth-order valence-corrected chi connectivity index (χ4v) is 12.7. The van der Waals surface area contributed by atoms with Gasteiger partial charge in [0.25, 0.3) is 0 Å². The Bertz CT molecular complexity index is 1440. The van der Waals surface area contributed by atoms with Crippen LogP contribution in [0, 0.1) is 56.7 Å². The molecule has 11 atom stereocenters. The quantitative estimate of drug-likeness (QED) is 0.193. The number of allylic oxidation sites excluding steroid dienone is 1. The van der Waals surface area contributed by atoms with Gasteiger partial charge in [0.1, 0.15) is 17.5 Å². The number of hydrogen-bond acceptors (Lipinski definition) is 5. The molecule has 1 aliphatic heterocycles. The monoisotopic (exact) mass is 614 g/mol. The van der Waals surface area contributed by atoms with Crippen LogP contribution in [0.1, 0.15) is 105 Å². The van der Waals surface area contributed by atoms with Crippen LogP contribution >= 0.6 is 0 Å². The summed E-state index contributed by atoms with van der Waals surface area (Å²) in [6.45, 7) is 17.0. The molecule has 0 N–H and O–H groups in total. The standard InChI is InChI=1S/C40H54O5/c1-25-15-21-39-24-23-38(7)37(6)20-16-29-35(3,4)31(44-32(41)14-11-27-9-12-28(43-8)13-10-27)18-19-36(29,5)30(37)17-22-40(38,45-34(39)42)33(39)26(25)2/h9-14,17,22,25-26,29-31,33H,15-16,18-21,23-24H2,1-8H3/t25-,26+,29+,30-,31+,33-,36+,37-,38+,39+,40+/m1/s1. The topological polar surface area (TPSA) is 61.8 Å². The molecule has 1 spiro atoms. The van der Waals surface area contributed by atoms with Crippen LogP contribution in [0.3, 0.4) is 0 Å². The van der Waals surface area contributed by atoms with Crippen LogP contribution in [0.2, 0.25) is 0 Å². The number of ether oxygens (including phenoxy) is 3. The van der Waals surface area contributed by atoms with Gasteiger partial charge in [-0.25, -0.2) is 4.79 Å². The average molecular weight is 615 g/mol. The van der Waals surface area contributed by atoms with Gasteiger partial charge in [0.05, 0.1) is 12.5 Å². The predicted octanol–water partition coefficient (Wildman–Crippen LogP) is 8.81. The molecule has 2 bridgehead atoms. The SMILES string of the molecule is COc1ccc(C=CC(=O)O[C@H]2CC[C@]3(C)[C@H]4C=C[C@]56OC(=O)[C@@]7(CC[C@@H](C)[C@H](C)[C@H]75)CC[C@@]6(C)[C@]4(C)CC[C@H]3C2(C)C)cc1. The summed E-state index contributed by atoms with van der Waals surface area (Å²) in [5.74, 6) is 2.74. The maximum Gasteiger partial charge on any atom is 0.331 e. The fourth-order valence-electron chi connectivity index (χ4n) is 12.7. The molecule has 5 heteroatoms. The molecule has 5 nitrogen and oxygen atoms in total. The van der Waals surface area contributed by atoms with Crippen LogP contribution in [0.25, 0.3) is 6.08 Å². The van der Waals surface area contributed by atoms with E-state index in [9.17, 15) is 9.59 Å². The maximum atomic E-state index is 13.9. The van der Waals surface area contributed by atoms with Crippen molar-refractivity contribution in [3.8, 4) is 5.75 Å². The van der Waals surface area contributed by atoms with Crippen molar-refractivity contribution in [1.29, 1.82) is 0 Å². The van der Waals surface area contributed by atoms with E-state index in [0.717, 1.165) is 62.7 Å². The van der Waals surface area contributed by atoms with E-state index in [1.54, 1.807) is 13.2 Å². The minimum absolute atomic E-state index is 0.0187. The molecule has 6 aliphatic rings. The van der Waals surface area contributed by atoms with Gasteiger partial charge >= 0.3 is 11.9 Å². The smallest absolute Gasteiger partial charge is 0.331 e. The van der Waals surface area contributed by atoms with E-state index in [0.29, 0.717) is 23.7 Å². The second-order valence-corrected chi connectivity index (χ2v) is 17.3. The number of benzene rings is 1. The lowest BCUT2D eigenvalue weighted by atomic mass is 9.32. The Labute approximate surface area is 270 Å². The third kappa shape index (κ3) is 3.91. The molecule has 5 fully saturated rings. The molecular formula is C40H54O5. The summed E-state index contributed by atoms with van der Waals surface area (Å²) in [7, 11) is 1.65. The van der Waals surface area contributed by atoms with Crippen molar-refractivity contribution < 1.29 is 23.8 Å². The van der Waals surface area contributed by atoms with E-state index in [-0.39, 0.29) is 51.0 Å². The summed E-state index contributed by atoms with van der Waals surface area (Å²) >= 11 is 0. The van der Waals surface area contributed by atoms with Crippen molar-refractivity contribution in [3.63, 3.8) is 0 Å². The first kappa shape index (κ1) is 31.1. The third-order valence-electron chi connectivity index (χ3n) is 15.5. The highest BCUT2D eigenvalue weighted by Gasteiger charge is 2.80. The normalized spacial score (nSPS) is 47.6. The number of fused-ring (bicyclic) bond motifs is 4. The Hall–Kier alpha value is -2.56. The number of methoxy groups -OCH3 is 1. The number of rotatable bonds is 4. The molecule has 244 valence electrons. The molecule has 1 saturated heterocycles. The van der Waals surface area contributed by atoms with E-state index in [2.05, 4.69) is 60.6 Å². The zero-order chi connectivity index (χ0) is 32.2. The number of esters is 2. The zero-order valence-corrected chi connectivity index (χ0v) is 28.8. The highest BCUT2D eigenvalue weighted by Crippen LogP contribution is 2.79. The molecule has 7 rings (SSSR count). The van der Waals surface area contributed by atoms with Gasteiger partial charge in [-0.1, -0.05) is 66.7 Å². The summed E-state index contributed by atoms with van der Waals surface area (Å²) in [5.41, 5.74) is -0.0486. The molecule has 1 aromatic carbocycles. The highest BCUT2D eigenvalue weighted by molar-refractivity contribution is 5.87. The Morgan fingerprint density at radius 3 is 2.38 bits per heavy atom. The van der Waals surface area contributed by atoms with Crippen LogP contribution in [-0.4, -0.2) is 30.8 Å². The second-order valence-electron chi connectivity index (χ2n) is 17.3. The minimum Gasteiger partial charge on any atom is -0.497 e. The predicted molar refractivity (Wildman–Crippen MR) is 176 cm³/mol. The van der Waals surface area contributed by atoms with Gasteiger partial charge < -0.3 is 14.2 Å². The van der Waals surface area contributed by atoms with Crippen molar-refractivity contribution in [2.75, 3.05) is 7.11 Å². The second kappa shape index (κ2) is 9.97. The van der Waals surface area contributed by atoms with Crippen LogP contribution in [-0.2, 0) is 19.1 Å². The molecule has 45 heavy (non-hydrogen) atoms. The number of carbonyl (C=O) groups excluding carboxylic acids is 2. The van der Waals surface area contributed by atoms with Crippen molar-refractivity contribution >= 4 is 18.0 Å². The van der Waals surface area contributed by atoms with E-state index >= 15 is 0 Å². The van der Waals surface area contributed by atoms with Gasteiger partial charge in [-0.05, 0) is 116 Å². The van der Waals surface area contributed by atoms with Crippen LogP contribution < -0.4 is 4.74 Å². The van der Waals surface area contributed by atoms with Crippen LogP contribution in [0.5, 0.6) is 5.75 Å². The zero-order valence-electron chi connectivity index (χ0n) is 28.8. The average Bonchev–Trinajstić information content (AvgIpc) is 3.20. The summed E-state index contributed by atoms with van der Waals surface area (Å²) in [6, 6.07) is 7.67. The van der Waals surface area contributed by atoms with Gasteiger partial charge in [-0.2, -0.15) is 0 Å². The Balaban J connectivity index is 1.16. The number of hydrogen-bond donors (Lipinski definition) is 0. The molecule has 0 unspecified atom stereocenters. The largest absolute Gasteiger partial charge is 0.497 e. The Kier molecular flexibility index (Phi) is 6.88. The molecule has 1 aromatic rings. The molecule has 0 amide bonds. The van der Waals surface area contributed by atoms with Crippen molar-refractivity contribution in [2.45, 2.75) is 112 Å². The van der Waals surface area contributed by atoms with Crippen molar-refractivity contribution in [3.05, 3.63) is 48.1 Å².